The van der Waals surface area contributed by atoms with Gasteiger partial charge in [-0.25, -0.2) is 4.79 Å². The summed E-state index contributed by atoms with van der Waals surface area (Å²) in [5, 5.41) is 5.83. The van der Waals surface area contributed by atoms with Crippen molar-refractivity contribution < 1.29 is 14.0 Å². The Bertz CT molecular complexity index is 771. The molecule has 1 aromatic carbocycles. The molecule has 1 unspecified atom stereocenters. The van der Waals surface area contributed by atoms with E-state index in [4.69, 9.17) is 4.42 Å². The zero-order valence-electron chi connectivity index (χ0n) is 15.9. The first kappa shape index (κ1) is 19.0. The van der Waals surface area contributed by atoms with Crippen LogP contribution in [-0.4, -0.2) is 36.0 Å². The minimum Gasteiger partial charge on any atom is -0.467 e. The first-order chi connectivity index (χ1) is 13.0. The molecule has 6 nitrogen and oxygen atoms in total. The molecule has 144 valence electrons. The van der Waals surface area contributed by atoms with Gasteiger partial charge in [-0.2, -0.15) is 0 Å². The fraction of sp³-hybridized carbons (Fsp3) is 0.429. The Hall–Kier alpha value is -2.76. The van der Waals surface area contributed by atoms with Gasteiger partial charge in [0.2, 0.25) is 0 Å². The first-order valence-corrected chi connectivity index (χ1v) is 9.49. The van der Waals surface area contributed by atoms with E-state index in [2.05, 4.69) is 10.6 Å². The Kier molecular flexibility index (Phi) is 6.16. The number of benzene rings is 1. The van der Waals surface area contributed by atoms with Crippen molar-refractivity contribution in [3.05, 3.63) is 59.5 Å². The molecule has 1 aromatic heterocycles. The topological polar surface area (TPSA) is 74.6 Å². The van der Waals surface area contributed by atoms with Crippen LogP contribution in [0.1, 0.15) is 54.3 Å². The van der Waals surface area contributed by atoms with Crippen molar-refractivity contribution in [2.24, 2.45) is 0 Å². The van der Waals surface area contributed by atoms with Crippen molar-refractivity contribution in [1.29, 1.82) is 0 Å². The molecular formula is C21H27N3O3. The molecule has 3 amide bonds. The standard InChI is InChI=1S/C21H27N3O3/c1-15(2)23-21(26)24-10-4-8-18(14-24)16-6-3-7-17(12-16)20(25)22-13-19-9-5-11-27-19/h3,5-7,9,11-12,15,18H,4,8,10,13-14H2,1-2H3,(H,22,25)(H,23,26). The Morgan fingerprint density at radius 2 is 2.11 bits per heavy atom. The summed E-state index contributed by atoms with van der Waals surface area (Å²) in [7, 11) is 0. The van der Waals surface area contributed by atoms with E-state index in [1.807, 2.05) is 49.1 Å². The summed E-state index contributed by atoms with van der Waals surface area (Å²) in [4.78, 5) is 26.6. The van der Waals surface area contributed by atoms with Crippen LogP contribution in [0.25, 0.3) is 0 Å². The zero-order chi connectivity index (χ0) is 19.2. The Labute approximate surface area is 159 Å². The summed E-state index contributed by atoms with van der Waals surface area (Å²) < 4.78 is 5.24. The van der Waals surface area contributed by atoms with Gasteiger partial charge < -0.3 is 20.0 Å². The normalized spacial score (nSPS) is 17.0. The molecule has 1 atom stereocenters. The Balaban J connectivity index is 1.63. The van der Waals surface area contributed by atoms with Crippen LogP contribution in [-0.2, 0) is 6.54 Å². The number of rotatable bonds is 5. The van der Waals surface area contributed by atoms with Crippen molar-refractivity contribution in [2.45, 2.75) is 45.2 Å². The van der Waals surface area contributed by atoms with E-state index in [1.54, 1.807) is 12.3 Å². The van der Waals surface area contributed by atoms with Gasteiger partial charge in [0.15, 0.2) is 0 Å². The highest BCUT2D eigenvalue weighted by Gasteiger charge is 2.25. The molecule has 3 rings (SSSR count). The lowest BCUT2D eigenvalue weighted by Gasteiger charge is -2.33. The SMILES string of the molecule is CC(C)NC(=O)N1CCCC(c2cccc(C(=O)NCc3ccco3)c2)C1. The summed E-state index contributed by atoms with van der Waals surface area (Å²) in [6, 6.07) is 11.4. The smallest absolute Gasteiger partial charge is 0.317 e. The number of piperidine rings is 1. The molecular weight excluding hydrogens is 342 g/mol. The fourth-order valence-corrected chi connectivity index (χ4v) is 3.39. The van der Waals surface area contributed by atoms with E-state index < -0.39 is 0 Å². The van der Waals surface area contributed by atoms with E-state index >= 15 is 0 Å². The van der Waals surface area contributed by atoms with Crippen LogP contribution in [0.5, 0.6) is 0 Å². The molecule has 2 heterocycles. The second-order valence-electron chi connectivity index (χ2n) is 7.28. The lowest BCUT2D eigenvalue weighted by atomic mass is 9.89. The molecule has 0 spiro atoms. The number of hydrogen-bond donors (Lipinski definition) is 2. The van der Waals surface area contributed by atoms with Gasteiger partial charge in [0.25, 0.3) is 5.91 Å². The van der Waals surface area contributed by atoms with Crippen LogP contribution in [0.3, 0.4) is 0 Å². The van der Waals surface area contributed by atoms with Gasteiger partial charge in [-0.3, -0.25) is 4.79 Å². The number of urea groups is 1. The van der Waals surface area contributed by atoms with Crippen molar-refractivity contribution in [3.8, 4) is 0 Å². The molecule has 1 aliphatic heterocycles. The fourth-order valence-electron chi connectivity index (χ4n) is 3.39. The maximum atomic E-state index is 12.4. The van der Waals surface area contributed by atoms with Crippen LogP contribution in [0, 0.1) is 0 Å². The molecule has 2 N–H and O–H groups in total. The molecule has 0 aliphatic carbocycles. The number of amides is 3. The van der Waals surface area contributed by atoms with Gasteiger partial charge in [-0.05, 0) is 56.5 Å². The monoisotopic (exact) mass is 369 g/mol. The van der Waals surface area contributed by atoms with Crippen LogP contribution >= 0.6 is 0 Å². The predicted octanol–water partition coefficient (Wildman–Crippen LogP) is 3.51. The third-order valence-corrected chi connectivity index (χ3v) is 4.74. The lowest BCUT2D eigenvalue weighted by Crippen LogP contribution is -2.47. The maximum Gasteiger partial charge on any atom is 0.317 e. The molecule has 6 heteroatoms. The Morgan fingerprint density at radius 1 is 1.26 bits per heavy atom. The van der Waals surface area contributed by atoms with Crippen LogP contribution in [0.4, 0.5) is 4.79 Å². The van der Waals surface area contributed by atoms with Crippen LogP contribution in [0.2, 0.25) is 0 Å². The molecule has 1 fully saturated rings. The number of furan rings is 1. The Morgan fingerprint density at radius 3 is 2.85 bits per heavy atom. The molecule has 1 aliphatic rings. The molecule has 27 heavy (non-hydrogen) atoms. The second kappa shape index (κ2) is 8.75. The van der Waals surface area contributed by atoms with Gasteiger partial charge in [0.1, 0.15) is 5.76 Å². The third kappa shape index (κ3) is 5.12. The molecule has 1 saturated heterocycles. The molecule has 0 bridgehead atoms. The van der Waals surface area contributed by atoms with E-state index in [9.17, 15) is 9.59 Å². The van der Waals surface area contributed by atoms with E-state index in [-0.39, 0.29) is 23.9 Å². The molecule has 0 radical (unpaired) electrons. The first-order valence-electron chi connectivity index (χ1n) is 9.49. The highest BCUT2D eigenvalue weighted by molar-refractivity contribution is 5.94. The minimum atomic E-state index is -0.126. The number of nitrogens with zero attached hydrogens (tertiary/aromatic N) is 1. The summed E-state index contributed by atoms with van der Waals surface area (Å²) in [5.74, 6) is 0.839. The van der Waals surface area contributed by atoms with Gasteiger partial charge in [-0.15, -0.1) is 0 Å². The number of hydrogen-bond acceptors (Lipinski definition) is 3. The van der Waals surface area contributed by atoms with Gasteiger partial charge >= 0.3 is 6.03 Å². The minimum absolute atomic E-state index is 0.0120. The van der Waals surface area contributed by atoms with E-state index in [0.717, 1.165) is 30.7 Å². The average Bonchev–Trinajstić information content (AvgIpc) is 3.19. The maximum absolute atomic E-state index is 12.4. The predicted molar refractivity (Wildman–Crippen MR) is 104 cm³/mol. The largest absolute Gasteiger partial charge is 0.467 e. The lowest BCUT2D eigenvalue weighted by molar-refractivity contribution is 0.0947. The number of carbonyl (C=O) groups is 2. The van der Waals surface area contributed by atoms with Crippen molar-refractivity contribution in [3.63, 3.8) is 0 Å². The summed E-state index contributed by atoms with van der Waals surface area (Å²) in [6.45, 7) is 5.74. The summed E-state index contributed by atoms with van der Waals surface area (Å²) in [5.41, 5.74) is 1.73. The van der Waals surface area contributed by atoms with Gasteiger partial charge in [0, 0.05) is 30.6 Å². The number of carbonyl (C=O) groups excluding carboxylic acids is 2. The number of nitrogens with one attached hydrogen (secondary N) is 2. The highest BCUT2D eigenvalue weighted by Crippen LogP contribution is 2.27. The highest BCUT2D eigenvalue weighted by atomic mass is 16.3. The van der Waals surface area contributed by atoms with E-state index in [0.29, 0.717) is 18.7 Å². The second-order valence-corrected chi connectivity index (χ2v) is 7.28. The van der Waals surface area contributed by atoms with Crippen molar-refractivity contribution in [2.75, 3.05) is 13.1 Å². The van der Waals surface area contributed by atoms with Crippen molar-refractivity contribution >= 4 is 11.9 Å². The summed E-state index contributed by atoms with van der Waals surface area (Å²) in [6.07, 6.45) is 3.57. The molecule has 0 saturated carbocycles. The molecule has 2 aromatic rings. The van der Waals surface area contributed by atoms with Gasteiger partial charge in [0.05, 0.1) is 12.8 Å². The van der Waals surface area contributed by atoms with Crippen LogP contribution < -0.4 is 10.6 Å². The zero-order valence-corrected chi connectivity index (χ0v) is 15.9. The van der Waals surface area contributed by atoms with Gasteiger partial charge in [-0.1, -0.05) is 12.1 Å². The van der Waals surface area contributed by atoms with Crippen molar-refractivity contribution in [1.82, 2.24) is 15.5 Å². The number of likely N-dealkylation sites (tertiary alicyclic amines) is 1. The third-order valence-electron chi connectivity index (χ3n) is 4.74. The average molecular weight is 369 g/mol. The summed E-state index contributed by atoms with van der Waals surface area (Å²) >= 11 is 0. The van der Waals surface area contributed by atoms with Crippen LogP contribution in [0.15, 0.2) is 47.1 Å². The quantitative estimate of drug-likeness (QED) is 0.847. The van der Waals surface area contributed by atoms with E-state index in [1.165, 1.54) is 0 Å².